The van der Waals surface area contributed by atoms with Crippen LogP contribution in [0.1, 0.15) is 25.5 Å². The summed E-state index contributed by atoms with van der Waals surface area (Å²) in [4.78, 5) is 22.5. The van der Waals surface area contributed by atoms with Gasteiger partial charge in [0.25, 0.3) is 0 Å². The van der Waals surface area contributed by atoms with Crippen molar-refractivity contribution >= 4 is 11.8 Å². The maximum absolute atomic E-state index is 11.4. The summed E-state index contributed by atoms with van der Waals surface area (Å²) in [6, 6.07) is 11.2. The maximum Gasteiger partial charge on any atom is 0.326 e. The summed E-state index contributed by atoms with van der Waals surface area (Å²) in [5.41, 5.74) is 1.88. The Kier molecular flexibility index (Phi) is 4.04. The first kappa shape index (κ1) is 14.5. The number of carboxylic acid groups (broad SMARTS) is 1. The Morgan fingerprint density at radius 3 is 2.77 bits per heavy atom. The zero-order valence-corrected chi connectivity index (χ0v) is 12.6. The van der Waals surface area contributed by atoms with Gasteiger partial charge < -0.3 is 10.0 Å². The second-order valence-electron chi connectivity index (χ2n) is 5.45. The fourth-order valence-corrected chi connectivity index (χ4v) is 2.83. The molecule has 5 nitrogen and oxygen atoms in total. The van der Waals surface area contributed by atoms with E-state index in [0.29, 0.717) is 12.2 Å². The number of rotatable bonds is 4. The number of benzene rings is 1. The lowest BCUT2D eigenvalue weighted by atomic mass is 10.2. The Hall–Kier alpha value is -2.43. The molecule has 0 amide bonds. The van der Waals surface area contributed by atoms with E-state index in [0.717, 1.165) is 36.5 Å². The van der Waals surface area contributed by atoms with E-state index in [9.17, 15) is 9.90 Å². The summed E-state index contributed by atoms with van der Waals surface area (Å²) >= 11 is 0. The quantitative estimate of drug-likeness (QED) is 0.940. The van der Waals surface area contributed by atoms with Crippen LogP contribution in [0.5, 0.6) is 0 Å². The van der Waals surface area contributed by atoms with Crippen LogP contribution in [-0.4, -0.2) is 33.6 Å². The zero-order valence-electron chi connectivity index (χ0n) is 12.6. The Bertz CT molecular complexity index is 673. The number of hydrogen-bond donors (Lipinski definition) is 1. The molecule has 5 heteroatoms. The molecule has 1 fully saturated rings. The average molecular weight is 297 g/mol. The number of aromatic nitrogens is 2. The van der Waals surface area contributed by atoms with Crippen molar-refractivity contribution in [1.82, 2.24) is 9.97 Å². The molecular weight excluding hydrogens is 278 g/mol. The maximum atomic E-state index is 11.4. The van der Waals surface area contributed by atoms with Gasteiger partial charge in [-0.2, -0.15) is 0 Å². The summed E-state index contributed by atoms with van der Waals surface area (Å²) in [6.07, 6.45) is 2.34. The van der Waals surface area contributed by atoms with E-state index in [1.54, 1.807) is 0 Å². The zero-order chi connectivity index (χ0) is 15.5. The van der Waals surface area contributed by atoms with E-state index in [1.165, 1.54) is 0 Å². The van der Waals surface area contributed by atoms with Gasteiger partial charge in [0, 0.05) is 23.9 Å². The van der Waals surface area contributed by atoms with E-state index >= 15 is 0 Å². The number of hydrogen-bond acceptors (Lipinski definition) is 4. The number of aliphatic carboxylic acids is 1. The standard InChI is InChI=1S/C17H19N3O2/c1-2-13-11-15(20-10-6-9-14(20)17(21)22)19-16(18-13)12-7-4-3-5-8-12/h3-5,7-8,11,14H,2,6,9-10H2,1H3,(H,21,22). The van der Waals surface area contributed by atoms with Crippen LogP contribution < -0.4 is 4.90 Å². The summed E-state index contributed by atoms with van der Waals surface area (Å²) in [7, 11) is 0. The minimum atomic E-state index is -0.782. The van der Waals surface area contributed by atoms with Crippen LogP contribution >= 0.6 is 0 Å². The van der Waals surface area contributed by atoms with Crippen molar-refractivity contribution in [1.29, 1.82) is 0 Å². The molecule has 0 radical (unpaired) electrons. The monoisotopic (exact) mass is 297 g/mol. The van der Waals surface area contributed by atoms with Gasteiger partial charge in [-0.05, 0) is 19.3 Å². The topological polar surface area (TPSA) is 66.3 Å². The minimum absolute atomic E-state index is 0.483. The van der Waals surface area contributed by atoms with Crippen LogP contribution in [0.3, 0.4) is 0 Å². The molecule has 0 spiro atoms. The highest BCUT2D eigenvalue weighted by atomic mass is 16.4. The molecule has 114 valence electrons. The Morgan fingerprint density at radius 2 is 2.09 bits per heavy atom. The largest absolute Gasteiger partial charge is 0.480 e. The third kappa shape index (κ3) is 2.79. The van der Waals surface area contributed by atoms with E-state index in [4.69, 9.17) is 0 Å². The fraction of sp³-hybridized carbons (Fsp3) is 0.353. The van der Waals surface area contributed by atoms with Gasteiger partial charge in [-0.1, -0.05) is 37.3 Å². The Morgan fingerprint density at radius 1 is 1.32 bits per heavy atom. The van der Waals surface area contributed by atoms with Crippen molar-refractivity contribution in [2.75, 3.05) is 11.4 Å². The minimum Gasteiger partial charge on any atom is -0.480 e. The third-order valence-electron chi connectivity index (χ3n) is 3.99. The van der Waals surface area contributed by atoms with Gasteiger partial charge in [0.2, 0.25) is 0 Å². The first-order valence-electron chi connectivity index (χ1n) is 7.62. The number of aryl methyl sites for hydroxylation is 1. The Labute approximate surface area is 129 Å². The van der Waals surface area contributed by atoms with Crippen LogP contribution in [0, 0.1) is 0 Å². The van der Waals surface area contributed by atoms with Gasteiger partial charge in [-0.3, -0.25) is 0 Å². The molecule has 1 aliphatic heterocycles. The van der Waals surface area contributed by atoms with E-state index in [-0.39, 0.29) is 0 Å². The molecule has 1 saturated heterocycles. The molecule has 1 aromatic carbocycles. The average Bonchev–Trinajstić information content (AvgIpc) is 3.05. The highest BCUT2D eigenvalue weighted by molar-refractivity contribution is 5.78. The lowest BCUT2D eigenvalue weighted by molar-refractivity contribution is -0.138. The van der Waals surface area contributed by atoms with Crippen LogP contribution in [0.25, 0.3) is 11.4 Å². The number of nitrogens with zero attached hydrogens (tertiary/aromatic N) is 3. The highest BCUT2D eigenvalue weighted by Crippen LogP contribution is 2.27. The van der Waals surface area contributed by atoms with Gasteiger partial charge in [0.05, 0.1) is 0 Å². The molecular formula is C17H19N3O2. The van der Waals surface area contributed by atoms with Crippen molar-refractivity contribution in [3.63, 3.8) is 0 Å². The highest BCUT2D eigenvalue weighted by Gasteiger charge is 2.31. The second-order valence-corrected chi connectivity index (χ2v) is 5.45. The SMILES string of the molecule is CCc1cc(N2CCCC2C(=O)O)nc(-c2ccccc2)n1. The Balaban J connectivity index is 2.03. The number of anilines is 1. The molecule has 1 aliphatic rings. The summed E-state index contributed by atoms with van der Waals surface area (Å²) < 4.78 is 0. The van der Waals surface area contributed by atoms with E-state index in [2.05, 4.69) is 9.97 Å². The lowest BCUT2D eigenvalue weighted by Gasteiger charge is -2.23. The predicted octanol–water partition coefficient (Wildman–Crippen LogP) is 2.76. The molecule has 3 rings (SSSR count). The number of carboxylic acids is 1. The lowest BCUT2D eigenvalue weighted by Crippen LogP contribution is -2.36. The van der Waals surface area contributed by atoms with E-state index in [1.807, 2.05) is 48.2 Å². The van der Waals surface area contributed by atoms with Gasteiger partial charge in [0.1, 0.15) is 11.9 Å². The van der Waals surface area contributed by atoms with Crippen molar-refractivity contribution < 1.29 is 9.90 Å². The van der Waals surface area contributed by atoms with Gasteiger partial charge in [0.15, 0.2) is 5.82 Å². The third-order valence-corrected chi connectivity index (χ3v) is 3.99. The molecule has 22 heavy (non-hydrogen) atoms. The van der Waals surface area contributed by atoms with Gasteiger partial charge in [-0.15, -0.1) is 0 Å². The van der Waals surface area contributed by atoms with E-state index < -0.39 is 12.0 Å². The van der Waals surface area contributed by atoms with Crippen molar-refractivity contribution in [3.05, 3.63) is 42.1 Å². The first-order chi connectivity index (χ1) is 10.7. The fourth-order valence-electron chi connectivity index (χ4n) is 2.83. The molecule has 1 atom stereocenters. The summed E-state index contributed by atoms with van der Waals surface area (Å²) in [5, 5.41) is 9.37. The van der Waals surface area contributed by atoms with Crippen LogP contribution in [0.4, 0.5) is 5.82 Å². The van der Waals surface area contributed by atoms with Crippen molar-refractivity contribution in [2.24, 2.45) is 0 Å². The molecule has 0 saturated carbocycles. The molecule has 0 aliphatic carbocycles. The van der Waals surface area contributed by atoms with Crippen molar-refractivity contribution in [3.8, 4) is 11.4 Å². The number of carbonyl (C=O) groups is 1. The molecule has 1 unspecified atom stereocenters. The second kappa shape index (κ2) is 6.13. The predicted molar refractivity (Wildman–Crippen MR) is 84.8 cm³/mol. The molecule has 2 aromatic rings. The molecule has 1 aromatic heterocycles. The van der Waals surface area contributed by atoms with Gasteiger partial charge in [-0.25, -0.2) is 14.8 Å². The normalized spacial score (nSPS) is 17.7. The van der Waals surface area contributed by atoms with Gasteiger partial charge >= 0.3 is 5.97 Å². The summed E-state index contributed by atoms with van der Waals surface area (Å²) in [6.45, 7) is 2.77. The van der Waals surface area contributed by atoms with Crippen molar-refractivity contribution in [2.45, 2.75) is 32.2 Å². The van der Waals surface area contributed by atoms with Crippen LogP contribution in [-0.2, 0) is 11.2 Å². The summed E-state index contributed by atoms with van der Waals surface area (Å²) in [5.74, 6) is 0.594. The molecule has 1 N–H and O–H groups in total. The van der Waals surface area contributed by atoms with Crippen LogP contribution in [0.2, 0.25) is 0 Å². The molecule has 2 heterocycles. The smallest absolute Gasteiger partial charge is 0.326 e. The molecule has 0 bridgehead atoms. The van der Waals surface area contributed by atoms with Crippen LogP contribution in [0.15, 0.2) is 36.4 Å². The first-order valence-corrected chi connectivity index (χ1v) is 7.62.